The van der Waals surface area contributed by atoms with Crippen LogP contribution in [-0.2, 0) is 4.74 Å². The summed E-state index contributed by atoms with van der Waals surface area (Å²) in [5.74, 6) is 0.297. The maximum Gasteiger partial charge on any atom is 0.254 e. The fourth-order valence-electron chi connectivity index (χ4n) is 3.85. The Morgan fingerprint density at radius 2 is 2.17 bits per heavy atom. The van der Waals surface area contributed by atoms with Gasteiger partial charge in [-0.3, -0.25) is 9.59 Å². The molecule has 4 rings (SSSR count). The van der Waals surface area contributed by atoms with Crippen molar-refractivity contribution in [2.45, 2.75) is 25.4 Å². The first-order valence-corrected chi connectivity index (χ1v) is 8.73. The summed E-state index contributed by atoms with van der Waals surface area (Å²) in [7, 11) is 0. The van der Waals surface area contributed by atoms with Gasteiger partial charge in [0, 0.05) is 47.6 Å². The maximum atomic E-state index is 13.0. The molecule has 0 bridgehead atoms. The number of rotatable bonds is 1. The van der Waals surface area contributed by atoms with Gasteiger partial charge in [-0.15, -0.1) is 0 Å². The van der Waals surface area contributed by atoms with Crippen LogP contribution in [0, 0.1) is 5.92 Å². The Bertz CT molecular complexity index is 848. The molecular formula is C18H19ClN2O3. The molecule has 2 aromatic rings. The molecule has 2 fully saturated rings. The van der Waals surface area contributed by atoms with Crippen LogP contribution < -0.4 is 5.56 Å². The minimum Gasteiger partial charge on any atom is -0.378 e. The van der Waals surface area contributed by atoms with Crippen molar-refractivity contribution in [1.29, 1.82) is 0 Å². The Morgan fingerprint density at radius 3 is 3.04 bits per heavy atom. The monoisotopic (exact) mass is 346 g/mol. The minimum absolute atomic E-state index is 0.0996. The number of carbonyl (C=O) groups is 1. The third-order valence-corrected chi connectivity index (χ3v) is 5.27. The molecule has 0 spiro atoms. The molecule has 126 valence electrons. The summed E-state index contributed by atoms with van der Waals surface area (Å²) in [5.41, 5.74) is 0.779. The van der Waals surface area contributed by atoms with Crippen LogP contribution >= 0.6 is 11.6 Å². The van der Waals surface area contributed by atoms with Gasteiger partial charge in [-0.05, 0) is 37.5 Å². The molecule has 3 heterocycles. The van der Waals surface area contributed by atoms with E-state index in [2.05, 4.69) is 4.98 Å². The van der Waals surface area contributed by atoms with Crippen LogP contribution in [0.2, 0.25) is 5.02 Å². The van der Waals surface area contributed by atoms with Gasteiger partial charge in [0.05, 0.1) is 11.7 Å². The summed E-state index contributed by atoms with van der Waals surface area (Å²) in [6, 6.07) is 6.55. The van der Waals surface area contributed by atoms with Crippen LogP contribution in [-0.4, -0.2) is 41.6 Å². The molecule has 0 aliphatic carbocycles. The number of nitrogens with zero attached hydrogens (tertiary/aromatic N) is 1. The summed E-state index contributed by atoms with van der Waals surface area (Å²) < 4.78 is 5.81. The molecule has 6 heteroatoms. The first-order chi connectivity index (χ1) is 11.6. The molecule has 0 radical (unpaired) electrons. The summed E-state index contributed by atoms with van der Waals surface area (Å²) >= 11 is 6.08. The molecule has 2 saturated heterocycles. The molecule has 2 aliphatic rings. The van der Waals surface area contributed by atoms with E-state index in [1.165, 1.54) is 6.07 Å². The first-order valence-electron chi connectivity index (χ1n) is 8.35. The Labute approximate surface area is 144 Å². The van der Waals surface area contributed by atoms with Crippen LogP contribution in [0.4, 0.5) is 0 Å². The molecule has 2 unspecified atom stereocenters. The van der Waals surface area contributed by atoms with Crippen molar-refractivity contribution < 1.29 is 9.53 Å². The Kier molecular flexibility index (Phi) is 4.06. The molecule has 1 N–H and O–H groups in total. The molecule has 24 heavy (non-hydrogen) atoms. The third kappa shape index (κ3) is 2.82. The second-order valence-corrected chi connectivity index (χ2v) is 7.02. The molecule has 1 aromatic heterocycles. The van der Waals surface area contributed by atoms with Crippen LogP contribution in [0.5, 0.6) is 0 Å². The van der Waals surface area contributed by atoms with Crippen molar-refractivity contribution in [3.63, 3.8) is 0 Å². The summed E-state index contributed by atoms with van der Waals surface area (Å²) in [6.45, 7) is 2.18. The minimum atomic E-state index is -0.274. The summed E-state index contributed by atoms with van der Waals surface area (Å²) in [4.78, 5) is 29.6. The predicted molar refractivity (Wildman–Crippen MR) is 92.6 cm³/mol. The number of fused-ring (bicyclic) bond motifs is 2. The van der Waals surface area contributed by atoms with Crippen molar-refractivity contribution in [2.75, 3.05) is 19.7 Å². The zero-order chi connectivity index (χ0) is 16.7. The first kappa shape index (κ1) is 15.7. The van der Waals surface area contributed by atoms with Crippen LogP contribution in [0.15, 0.2) is 29.1 Å². The van der Waals surface area contributed by atoms with Gasteiger partial charge < -0.3 is 14.6 Å². The Balaban J connectivity index is 1.68. The largest absolute Gasteiger partial charge is 0.378 e. The normalized spacial score (nSPS) is 24.0. The molecular weight excluding hydrogens is 328 g/mol. The number of pyridine rings is 1. The number of nitrogens with one attached hydrogen (secondary N) is 1. The molecule has 5 nitrogen and oxygen atoms in total. The van der Waals surface area contributed by atoms with Crippen molar-refractivity contribution in [3.8, 4) is 0 Å². The average Bonchev–Trinajstić information content (AvgIpc) is 2.60. The molecule has 2 atom stereocenters. The average molecular weight is 347 g/mol. The van der Waals surface area contributed by atoms with E-state index in [-0.39, 0.29) is 17.6 Å². The predicted octanol–water partition coefficient (Wildman–Crippen LogP) is 2.82. The van der Waals surface area contributed by atoms with E-state index in [4.69, 9.17) is 16.3 Å². The number of aromatic amines is 1. The molecule has 2 aliphatic heterocycles. The third-order valence-electron chi connectivity index (χ3n) is 5.04. The quantitative estimate of drug-likeness (QED) is 0.863. The number of hydrogen-bond donors (Lipinski definition) is 1. The van der Waals surface area contributed by atoms with E-state index in [0.29, 0.717) is 40.5 Å². The second-order valence-electron chi connectivity index (χ2n) is 6.59. The highest BCUT2D eigenvalue weighted by Crippen LogP contribution is 2.30. The number of benzene rings is 1. The van der Waals surface area contributed by atoms with Crippen molar-refractivity contribution in [1.82, 2.24) is 9.88 Å². The second kappa shape index (κ2) is 6.22. The zero-order valence-electron chi connectivity index (χ0n) is 13.3. The fourth-order valence-corrected chi connectivity index (χ4v) is 4.02. The number of ether oxygens (including phenoxy) is 1. The van der Waals surface area contributed by atoms with Crippen LogP contribution in [0.3, 0.4) is 0 Å². The summed E-state index contributed by atoms with van der Waals surface area (Å²) in [6.07, 6.45) is 3.27. The number of carbonyl (C=O) groups excluding carboxylic acids is 1. The topological polar surface area (TPSA) is 62.4 Å². The van der Waals surface area contributed by atoms with Gasteiger partial charge in [0.2, 0.25) is 5.56 Å². The van der Waals surface area contributed by atoms with Gasteiger partial charge in [-0.2, -0.15) is 0 Å². The Morgan fingerprint density at radius 1 is 1.29 bits per heavy atom. The Hall–Kier alpha value is -1.85. The van der Waals surface area contributed by atoms with Gasteiger partial charge in [-0.1, -0.05) is 11.6 Å². The van der Waals surface area contributed by atoms with E-state index < -0.39 is 0 Å². The standard InChI is InChI=1S/C18H19ClN2O3/c19-12-3-4-15-13(8-12)14(9-17(22)20-15)18(23)21-6-5-16-11(10-21)2-1-7-24-16/h3-4,8-9,11,16H,1-2,5-7,10H2,(H,20,22). The lowest BCUT2D eigenvalue weighted by Crippen LogP contribution is -2.48. The number of halogens is 1. The van der Waals surface area contributed by atoms with E-state index in [1.807, 2.05) is 4.90 Å². The van der Waals surface area contributed by atoms with E-state index >= 15 is 0 Å². The van der Waals surface area contributed by atoms with Gasteiger partial charge in [0.25, 0.3) is 5.91 Å². The van der Waals surface area contributed by atoms with Gasteiger partial charge in [0.15, 0.2) is 0 Å². The molecule has 0 saturated carbocycles. The van der Waals surface area contributed by atoms with Crippen LogP contribution in [0.25, 0.3) is 10.9 Å². The van der Waals surface area contributed by atoms with Gasteiger partial charge in [0.1, 0.15) is 0 Å². The van der Waals surface area contributed by atoms with E-state index in [0.717, 1.165) is 25.9 Å². The highest BCUT2D eigenvalue weighted by molar-refractivity contribution is 6.31. The smallest absolute Gasteiger partial charge is 0.254 e. The lowest BCUT2D eigenvalue weighted by Gasteiger charge is -2.41. The van der Waals surface area contributed by atoms with Crippen molar-refractivity contribution >= 4 is 28.4 Å². The highest BCUT2D eigenvalue weighted by Gasteiger charge is 2.34. The number of hydrogen-bond acceptors (Lipinski definition) is 3. The number of piperidine rings is 1. The van der Waals surface area contributed by atoms with Crippen LogP contribution in [0.1, 0.15) is 29.6 Å². The van der Waals surface area contributed by atoms with Crippen molar-refractivity contribution in [2.24, 2.45) is 5.92 Å². The van der Waals surface area contributed by atoms with E-state index in [9.17, 15) is 9.59 Å². The SMILES string of the molecule is O=C(c1cc(=O)[nH]c2ccc(Cl)cc12)N1CCC2OCCCC2C1. The lowest BCUT2D eigenvalue weighted by atomic mass is 9.88. The molecule has 1 amide bonds. The zero-order valence-corrected chi connectivity index (χ0v) is 14.0. The molecule has 1 aromatic carbocycles. The lowest BCUT2D eigenvalue weighted by molar-refractivity contribution is -0.0606. The number of likely N-dealkylation sites (tertiary alicyclic amines) is 1. The van der Waals surface area contributed by atoms with Gasteiger partial charge >= 0.3 is 0 Å². The van der Waals surface area contributed by atoms with E-state index in [1.54, 1.807) is 18.2 Å². The van der Waals surface area contributed by atoms with Crippen molar-refractivity contribution in [3.05, 3.63) is 45.2 Å². The highest BCUT2D eigenvalue weighted by atomic mass is 35.5. The fraction of sp³-hybridized carbons (Fsp3) is 0.444. The maximum absolute atomic E-state index is 13.0. The number of amides is 1. The van der Waals surface area contributed by atoms with Gasteiger partial charge in [-0.25, -0.2) is 0 Å². The summed E-state index contributed by atoms with van der Waals surface area (Å²) in [5, 5.41) is 1.23. The number of H-pyrrole nitrogens is 1. The number of aromatic nitrogens is 1.